The van der Waals surface area contributed by atoms with E-state index in [0.29, 0.717) is 49.2 Å². The molecule has 5 rings (SSSR count). The minimum absolute atomic E-state index is 0.209. The Hall–Kier alpha value is -3.83. The largest absolute Gasteiger partial charge is 0.486 e. The van der Waals surface area contributed by atoms with Gasteiger partial charge in [0, 0.05) is 55.4 Å². The molecule has 10 nitrogen and oxygen atoms in total. The van der Waals surface area contributed by atoms with Crippen LogP contribution in [0.25, 0.3) is 0 Å². The van der Waals surface area contributed by atoms with Gasteiger partial charge >= 0.3 is 6.03 Å². The van der Waals surface area contributed by atoms with Gasteiger partial charge in [0.25, 0.3) is 5.91 Å². The van der Waals surface area contributed by atoms with Crippen LogP contribution in [0.2, 0.25) is 0 Å². The van der Waals surface area contributed by atoms with Gasteiger partial charge in [-0.1, -0.05) is 6.07 Å². The average Bonchev–Trinajstić information content (AvgIpc) is 3.63. The fourth-order valence-corrected chi connectivity index (χ4v) is 5.26. The molecule has 2 aromatic heterocycles. The van der Waals surface area contributed by atoms with Gasteiger partial charge in [-0.25, -0.2) is 4.79 Å². The number of hydrogen-bond acceptors (Lipinski definition) is 8. The first-order chi connectivity index (χ1) is 18.6. The van der Waals surface area contributed by atoms with Crippen molar-refractivity contribution in [3.63, 3.8) is 0 Å². The van der Waals surface area contributed by atoms with E-state index in [1.165, 1.54) is 24.2 Å². The maximum atomic E-state index is 13.3. The molecule has 2 aliphatic heterocycles. The maximum Gasteiger partial charge on any atom is 0.322 e. The Kier molecular flexibility index (Phi) is 8.25. The highest BCUT2D eigenvalue weighted by atomic mass is 32.1. The molecule has 1 saturated heterocycles. The van der Waals surface area contributed by atoms with E-state index < -0.39 is 0 Å². The second-order valence-corrected chi connectivity index (χ2v) is 9.96. The monoisotopic (exact) mass is 536 g/mol. The number of nitrogens with zero attached hydrogens (tertiary/aromatic N) is 3. The summed E-state index contributed by atoms with van der Waals surface area (Å²) in [5.74, 6) is 1.02. The van der Waals surface area contributed by atoms with Crippen LogP contribution in [0.1, 0.15) is 28.9 Å². The lowest BCUT2D eigenvalue weighted by atomic mass is 10.2. The fourth-order valence-electron chi connectivity index (χ4n) is 4.49. The number of carbonyl (C=O) groups is 2. The van der Waals surface area contributed by atoms with E-state index in [2.05, 4.69) is 25.8 Å². The lowest BCUT2D eigenvalue weighted by molar-refractivity contribution is 0.102. The molecular formula is C27H32N6O4S. The molecule has 0 saturated carbocycles. The van der Waals surface area contributed by atoms with Gasteiger partial charge in [0.15, 0.2) is 11.5 Å². The molecule has 200 valence electrons. The first-order valence-electron chi connectivity index (χ1n) is 12.8. The van der Waals surface area contributed by atoms with Gasteiger partial charge in [-0.3, -0.25) is 9.78 Å². The van der Waals surface area contributed by atoms with Crippen LogP contribution < -0.4 is 25.4 Å². The van der Waals surface area contributed by atoms with Crippen molar-refractivity contribution in [1.29, 1.82) is 0 Å². The lowest BCUT2D eigenvalue weighted by Crippen LogP contribution is -2.40. The normalized spacial score (nSPS) is 14.7. The Bertz CT molecular complexity index is 1260. The van der Waals surface area contributed by atoms with Crippen LogP contribution in [0.3, 0.4) is 0 Å². The van der Waals surface area contributed by atoms with Gasteiger partial charge in [-0.15, -0.1) is 11.3 Å². The predicted octanol–water partition coefficient (Wildman–Crippen LogP) is 4.34. The van der Waals surface area contributed by atoms with E-state index >= 15 is 0 Å². The molecule has 0 atom stereocenters. The van der Waals surface area contributed by atoms with E-state index in [9.17, 15) is 9.59 Å². The standard InChI is InChI=1S/C27H32N6O4S/c1-28-22-17-38-18-23(22)31-26(34)21-6-4-19(15-29-21)16-33(11-10-32-8-2-3-9-32)27(35)30-20-5-7-24-25(14-20)37-13-12-36-24/h4-7,14-15,17-18,28H,2-3,8-13,16H2,1H3,(H,30,35)(H,31,34). The molecule has 1 aromatic carbocycles. The number of fused-ring (bicyclic) bond motifs is 1. The van der Waals surface area contributed by atoms with Gasteiger partial charge < -0.3 is 35.2 Å². The van der Waals surface area contributed by atoms with E-state index in [1.807, 2.05) is 36.0 Å². The first kappa shape index (κ1) is 25.8. The second-order valence-electron chi connectivity index (χ2n) is 9.21. The van der Waals surface area contributed by atoms with E-state index in [4.69, 9.17) is 9.47 Å². The third kappa shape index (κ3) is 6.35. The minimum Gasteiger partial charge on any atom is -0.486 e. The topological polar surface area (TPSA) is 108 Å². The SMILES string of the molecule is CNc1cscc1NC(=O)c1ccc(CN(CCN2CCCC2)C(=O)Nc2ccc3c(c2)OCCO3)cn1. The molecule has 3 amide bonds. The molecule has 4 heterocycles. The molecule has 0 radical (unpaired) electrons. The predicted molar refractivity (Wildman–Crippen MR) is 149 cm³/mol. The average molecular weight is 537 g/mol. The molecule has 0 spiro atoms. The highest BCUT2D eigenvalue weighted by molar-refractivity contribution is 7.09. The summed E-state index contributed by atoms with van der Waals surface area (Å²) in [6, 6.07) is 8.73. The van der Waals surface area contributed by atoms with Gasteiger partial charge in [-0.2, -0.15) is 0 Å². The summed E-state index contributed by atoms with van der Waals surface area (Å²) in [6.45, 7) is 4.86. The van der Waals surface area contributed by atoms with Gasteiger partial charge in [-0.05, 0) is 49.7 Å². The molecular weight excluding hydrogens is 504 g/mol. The summed E-state index contributed by atoms with van der Waals surface area (Å²) in [5.41, 5.74) is 3.37. The highest BCUT2D eigenvalue weighted by Gasteiger charge is 2.20. The van der Waals surface area contributed by atoms with Crippen molar-refractivity contribution in [2.75, 3.05) is 62.4 Å². The molecule has 3 aromatic rings. The number of anilines is 3. The highest BCUT2D eigenvalue weighted by Crippen LogP contribution is 2.32. The third-order valence-corrected chi connectivity index (χ3v) is 7.32. The zero-order chi connectivity index (χ0) is 26.3. The fraction of sp³-hybridized carbons (Fsp3) is 0.370. The van der Waals surface area contributed by atoms with Gasteiger partial charge in [0.2, 0.25) is 0 Å². The van der Waals surface area contributed by atoms with Crippen molar-refractivity contribution in [3.8, 4) is 11.5 Å². The number of pyridine rings is 1. The molecule has 3 N–H and O–H groups in total. The van der Waals surface area contributed by atoms with Crippen LogP contribution in [0.4, 0.5) is 21.9 Å². The summed E-state index contributed by atoms with van der Waals surface area (Å²) in [4.78, 5) is 34.5. The molecule has 38 heavy (non-hydrogen) atoms. The van der Waals surface area contributed by atoms with Crippen LogP contribution >= 0.6 is 11.3 Å². The van der Waals surface area contributed by atoms with Crippen molar-refractivity contribution in [1.82, 2.24) is 14.8 Å². The van der Waals surface area contributed by atoms with Crippen LogP contribution in [0.15, 0.2) is 47.3 Å². The van der Waals surface area contributed by atoms with Crippen molar-refractivity contribution >= 4 is 40.3 Å². The number of hydrogen-bond donors (Lipinski definition) is 3. The number of ether oxygens (including phenoxy) is 2. The van der Waals surface area contributed by atoms with E-state index in [-0.39, 0.29) is 11.9 Å². The smallest absolute Gasteiger partial charge is 0.322 e. The maximum absolute atomic E-state index is 13.3. The Labute approximate surface area is 225 Å². The first-order valence-corrected chi connectivity index (χ1v) is 13.7. The minimum atomic E-state index is -0.284. The number of aromatic nitrogens is 1. The Morgan fingerprint density at radius 1 is 1.03 bits per heavy atom. The molecule has 0 bridgehead atoms. The molecule has 11 heteroatoms. The van der Waals surface area contributed by atoms with Crippen molar-refractivity contribution in [3.05, 3.63) is 58.5 Å². The zero-order valence-corrected chi connectivity index (χ0v) is 22.2. The number of nitrogens with one attached hydrogen (secondary N) is 3. The second kappa shape index (κ2) is 12.1. The summed E-state index contributed by atoms with van der Waals surface area (Å²) in [6.07, 6.45) is 4.04. The number of carbonyl (C=O) groups excluding carboxylic acids is 2. The molecule has 0 aliphatic carbocycles. The summed E-state index contributed by atoms with van der Waals surface area (Å²) in [7, 11) is 1.81. The van der Waals surface area contributed by atoms with Crippen LogP contribution in [-0.2, 0) is 6.54 Å². The van der Waals surface area contributed by atoms with Crippen molar-refractivity contribution < 1.29 is 19.1 Å². The molecule has 2 aliphatic rings. The summed E-state index contributed by atoms with van der Waals surface area (Å²) >= 11 is 1.50. The quantitative estimate of drug-likeness (QED) is 0.373. The van der Waals surface area contributed by atoms with E-state index in [0.717, 1.165) is 36.6 Å². The third-order valence-electron chi connectivity index (χ3n) is 6.58. The molecule has 0 unspecified atom stereocenters. The van der Waals surface area contributed by atoms with Gasteiger partial charge in [0.05, 0.1) is 11.4 Å². The summed E-state index contributed by atoms with van der Waals surface area (Å²) in [5, 5.41) is 12.7. The van der Waals surface area contributed by atoms with Gasteiger partial charge in [0.1, 0.15) is 18.9 Å². The number of amides is 3. The number of thiophene rings is 1. The van der Waals surface area contributed by atoms with Crippen LogP contribution in [-0.4, -0.2) is 73.2 Å². The zero-order valence-electron chi connectivity index (χ0n) is 21.4. The van der Waals surface area contributed by atoms with Crippen LogP contribution in [0, 0.1) is 0 Å². The van der Waals surface area contributed by atoms with E-state index in [1.54, 1.807) is 23.2 Å². The van der Waals surface area contributed by atoms with Crippen molar-refractivity contribution in [2.24, 2.45) is 0 Å². The van der Waals surface area contributed by atoms with Crippen LogP contribution in [0.5, 0.6) is 11.5 Å². The molecule has 1 fully saturated rings. The number of likely N-dealkylation sites (tertiary alicyclic amines) is 1. The number of urea groups is 1. The Morgan fingerprint density at radius 2 is 1.82 bits per heavy atom. The Morgan fingerprint density at radius 3 is 2.58 bits per heavy atom. The lowest BCUT2D eigenvalue weighted by Gasteiger charge is -2.26. The number of benzene rings is 1. The summed E-state index contributed by atoms with van der Waals surface area (Å²) < 4.78 is 11.2. The Balaban J connectivity index is 1.25. The number of rotatable bonds is 9. The van der Waals surface area contributed by atoms with Crippen molar-refractivity contribution in [2.45, 2.75) is 19.4 Å².